The molecule has 0 heterocycles. The van der Waals surface area contributed by atoms with Crippen molar-refractivity contribution in [2.45, 2.75) is 20.3 Å². The first-order chi connectivity index (χ1) is 9.31. The average molecular weight is 280 g/mol. The maximum Gasteiger partial charge on any atom is 0.270 e. The number of nitro groups is 1. The van der Waals surface area contributed by atoms with E-state index in [1.165, 1.54) is 11.8 Å². The first-order valence-electron chi connectivity index (χ1n) is 6.51. The Labute approximate surface area is 116 Å². The summed E-state index contributed by atoms with van der Waals surface area (Å²) in [6.45, 7) is 4.07. The Bertz CT molecular complexity index is 574. The minimum atomic E-state index is -0.684. The second-order valence-corrected chi connectivity index (χ2v) is 5.54. The molecule has 0 radical (unpaired) electrons. The van der Waals surface area contributed by atoms with Crippen LogP contribution in [0.25, 0.3) is 0 Å². The molecule has 0 N–H and O–H groups in total. The Morgan fingerprint density at radius 1 is 1.55 bits per heavy atom. The van der Waals surface area contributed by atoms with Gasteiger partial charge in [-0.15, -0.1) is 0 Å². The van der Waals surface area contributed by atoms with Crippen molar-refractivity contribution in [2.75, 3.05) is 13.6 Å². The van der Waals surface area contributed by atoms with Crippen molar-refractivity contribution in [3.05, 3.63) is 39.2 Å². The Kier molecular flexibility index (Phi) is 3.74. The van der Waals surface area contributed by atoms with E-state index in [9.17, 15) is 19.3 Å². The summed E-state index contributed by atoms with van der Waals surface area (Å²) in [7, 11) is 1.60. The van der Waals surface area contributed by atoms with Gasteiger partial charge in [0.05, 0.1) is 10.5 Å². The fourth-order valence-corrected chi connectivity index (χ4v) is 2.31. The lowest BCUT2D eigenvalue weighted by Gasteiger charge is -2.17. The average Bonchev–Trinajstić information content (AvgIpc) is 3.06. The molecular weight excluding hydrogens is 263 g/mol. The predicted molar refractivity (Wildman–Crippen MR) is 72.0 cm³/mol. The monoisotopic (exact) mass is 280 g/mol. The van der Waals surface area contributed by atoms with E-state index in [-0.39, 0.29) is 16.8 Å². The largest absolute Gasteiger partial charge is 0.341 e. The molecule has 108 valence electrons. The predicted octanol–water partition coefficient (Wildman–Crippen LogP) is 2.77. The number of non-ortho nitro benzene ring substituents is 1. The number of carbonyl (C=O) groups is 1. The highest BCUT2D eigenvalue weighted by molar-refractivity contribution is 5.95. The van der Waals surface area contributed by atoms with Gasteiger partial charge >= 0.3 is 0 Å². The summed E-state index contributed by atoms with van der Waals surface area (Å²) in [4.78, 5) is 23.8. The standard InChI is InChI=1S/C14H17FN2O3/c1-8-4-10(8)7-16(3)14(18)12-6-11(17(19)20)5-9(2)13(12)15/h5-6,8,10H,4,7H2,1-3H3. The summed E-state index contributed by atoms with van der Waals surface area (Å²) in [5.41, 5.74) is -0.385. The van der Waals surface area contributed by atoms with Crippen molar-refractivity contribution in [1.82, 2.24) is 4.90 Å². The lowest BCUT2D eigenvalue weighted by atomic mass is 10.1. The van der Waals surface area contributed by atoms with Crippen LogP contribution in [0.4, 0.5) is 10.1 Å². The van der Waals surface area contributed by atoms with Crippen LogP contribution in [-0.2, 0) is 0 Å². The Hall–Kier alpha value is -1.98. The molecule has 1 aliphatic carbocycles. The van der Waals surface area contributed by atoms with E-state index >= 15 is 0 Å². The van der Waals surface area contributed by atoms with Crippen molar-refractivity contribution < 1.29 is 14.1 Å². The number of aryl methyl sites for hydroxylation is 1. The van der Waals surface area contributed by atoms with Crippen molar-refractivity contribution in [2.24, 2.45) is 11.8 Å². The van der Waals surface area contributed by atoms with E-state index in [1.807, 2.05) is 0 Å². The van der Waals surface area contributed by atoms with Gasteiger partial charge in [-0.3, -0.25) is 14.9 Å². The molecule has 2 rings (SSSR count). The van der Waals surface area contributed by atoms with Gasteiger partial charge in [0.2, 0.25) is 0 Å². The summed E-state index contributed by atoms with van der Waals surface area (Å²) in [5, 5.41) is 10.8. The highest BCUT2D eigenvalue weighted by Gasteiger charge is 2.35. The van der Waals surface area contributed by atoms with Crippen molar-refractivity contribution in [3.8, 4) is 0 Å². The van der Waals surface area contributed by atoms with Gasteiger partial charge in [0.25, 0.3) is 11.6 Å². The van der Waals surface area contributed by atoms with E-state index in [0.717, 1.165) is 18.6 Å². The molecule has 2 unspecified atom stereocenters. The minimum absolute atomic E-state index is 0.107. The van der Waals surface area contributed by atoms with Gasteiger partial charge in [-0.25, -0.2) is 4.39 Å². The smallest absolute Gasteiger partial charge is 0.270 e. The van der Waals surface area contributed by atoms with Gasteiger partial charge in [0, 0.05) is 25.7 Å². The number of carbonyl (C=O) groups excluding carboxylic acids is 1. The number of nitrogens with zero attached hydrogens (tertiary/aromatic N) is 2. The van der Waals surface area contributed by atoms with Crippen molar-refractivity contribution in [3.63, 3.8) is 0 Å². The number of amides is 1. The van der Waals surface area contributed by atoms with Crippen LogP contribution in [0.5, 0.6) is 0 Å². The fraction of sp³-hybridized carbons (Fsp3) is 0.500. The van der Waals surface area contributed by atoms with Gasteiger partial charge in [-0.05, 0) is 30.7 Å². The third-order valence-electron chi connectivity index (χ3n) is 3.81. The van der Waals surface area contributed by atoms with E-state index in [1.54, 1.807) is 7.05 Å². The zero-order chi connectivity index (χ0) is 15.0. The second-order valence-electron chi connectivity index (χ2n) is 5.54. The molecule has 0 saturated heterocycles. The van der Waals surface area contributed by atoms with Gasteiger partial charge < -0.3 is 4.90 Å². The summed E-state index contributed by atoms with van der Waals surface area (Å²) < 4.78 is 14.0. The topological polar surface area (TPSA) is 63.5 Å². The summed E-state index contributed by atoms with van der Waals surface area (Å²) in [6, 6.07) is 2.15. The number of hydrogen-bond acceptors (Lipinski definition) is 3. The van der Waals surface area contributed by atoms with Crippen molar-refractivity contribution in [1.29, 1.82) is 0 Å². The first-order valence-corrected chi connectivity index (χ1v) is 6.51. The highest BCUT2D eigenvalue weighted by atomic mass is 19.1. The molecule has 0 aromatic heterocycles. The van der Waals surface area contributed by atoms with Crippen LogP contribution in [0.2, 0.25) is 0 Å². The summed E-state index contributed by atoms with van der Waals surface area (Å²) >= 11 is 0. The zero-order valence-electron chi connectivity index (χ0n) is 11.7. The number of nitro benzene ring substituents is 1. The molecule has 1 fully saturated rings. The summed E-state index contributed by atoms with van der Waals surface area (Å²) in [5.74, 6) is -0.154. The molecule has 1 aromatic carbocycles. The van der Waals surface area contributed by atoms with E-state index in [4.69, 9.17) is 0 Å². The van der Waals surface area contributed by atoms with Crippen LogP contribution >= 0.6 is 0 Å². The zero-order valence-corrected chi connectivity index (χ0v) is 11.7. The fourth-order valence-electron chi connectivity index (χ4n) is 2.31. The Morgan fingerprint density at radius 2 is 2.15 bits per heavy atom. The van der Waals surface area contributed by atoms with Crippen LogP contribution in [-0.4, -0.2) is 29.3 Å². The maximum absolute atomic E-state index is 14.0. The number of rotatable bonds is 4. The van der Waals surface area contributed by atoms with Gasteiger partial charge in [-0.1, -0.05) is 6.92 Å². The Balaban J connectivity index is 2.26. The van der Waals surface area contributed by atoms with Crippen molar-refractivity contribution >= 4 is 11.6 Å². The molecular formula is C14H17FN2O3. The van der Waals surface area contributed by atoms with Crippen LogP contribution < -0.4 is 0 Å². The molecule has 1 aliphatic rings. The molecule has 1 saturated carbocycles. The van der Waals surface area contributed by atoms with E-state index < -0.39 is 16.6 Å². The normalized spacial score (nSPS) is 20.6. The molecule has 20 heavy (non-hydrogen) atoms. The van der Waals surface area contributed by atoms with Gasteiger partial charge in [-0.2, -0.15) is 0 Å². The van der Waals surface area contributed by atoms with Gasteiger partial charge in [0.1, 0.15) is 5.82 Å². The maximum atomic E-state index is 14.0. The lowest BCUT2D eigenvalue weighted by Crippen LogP contribution is -2.30. The SMILES string of the molecule is Cc1cc([N+](=O)[O-])cc(C(=O)N(C)CC2CC2C)c1F. The number of halogens is 1. The van der Waals surface area contributed by atoms with Crippen LogP contribution in [0, 0.1) is 34.7 Å². The molecule has 1 amide bonds. The highest BCUT2D eigenvalue weighted by Crippen LogP contribution is 2.38. The Morgan fingerprint density at radius 3 is 2.65 bits per heavy atom. The third kappa shape index (κ3) is 2.79. The summed E-state index contributed by atoms with van der Waals surface area (Å²) in [6.07, 6.45) is 1.06. The first kappa shape index (κ1) is 14.4. The molecule has 1 aromatic rings. The number of hydrogen-bond donors (Lipinski definition) is 0. The molecule has 5 nitrogen and oxygen atoms in total. The van der Waals surface area contributed by atoms with E-state index in [2.05, 4.69) is 6.92 Å². The minimum Gasteiger partial charge on any atom is -0.341 e. The van der Waals surface area contributed by atoms with E-state index in [0.29, 0.717) is 18.4 Å². The molecule has 0 aliphatic heterocycles. The van der Waals surface area contributed by atoms with Gasteiger partial charge in [0.15, 0.2) is 0 Å². The third-order valence-corrected chi connectivity index (χ3v) is 3.81. The lowest BCUT2D eigenvalue weighted by molar-refractivity contribution is -0.385. The second kappa shape index (κ2) is 5.19. The molecule has 0 spiro atoms. The van der Waals surface area contributed by atoms with Crippen LogP contribution in [0.1, 0.15) is 29.3 Å². The van der Waals surface area contributed by atoms with Crippen LogP contribution in [0.15, 0.2) is 12.1 Å². The molecule has 0 bridgehead atoms. The molecule has 2 atom stereocenters. The van der Waals surface area contributed by atoms with Crippen LogP contribution in [0.3, 0.4) is 0 Å². The quantitative estimate of drug-likeness (QED) is 0.629. The number of benzene rings is 1. The molecule has 6 heteroatoms.